The number of nitrogens with zero attached hydrogens (tertiary/aromatic N) is 1. The molecule has 0 radical (unpaired) electrons. The molecular weight excluding hydrogens is 316 g/mol. The second-order valence-corrected chi connectivity index (χ2v) is 5.43. The van der Waals surface area contributed by atoms with Crippen LogP contribution in [0.15, 0.2) is 70.4 Å². The van der Waals surface area contributed by atoms with Gasteiger partial charge in [-0.1, -0.05) is 47.6 Å². The second kappa shape index (κ2) is 7.49. The summed E-state index contributed by atoms with van der Waals surface area (Å²) in [4.78, 5) is 17.1. The number of amides is 1. The Morgan fingerprint density at radius 1 is 1.12 bits per heavy atom. The summed E-state index contributed by atoms with van der Waals surface area (Å²) in [5.41, 5.74) is 4.13. The molecule has 1 aromatic heterocycles. The third-order valence-corrected chi connectivity index (χ3v) is 3.81. The first kappa shape index (κ1) is 16.5. The molecule has 1 N–H and O–H groups in total. The minimum atomic E-state index is -0.192. The highest BCUT2D eigenvalue weighted by molar-refractivity contribution is 6.06. The number of benzene rings is 2. The number of hydrogen-bond acceptors (Lipinski definition) is 4. The smallest absolute Gasteiger partial charge is 0.259 e. The van der Waals surface area contributed by atoms with E-state index in [1.165, 1.54) is 13.4 Å². The fourth-order valence-electron chi connectivity index (χ4n) is 2.52. The lowest BCUT2D eigenvalue weighted by Crippen LogP contribution is -2.12. The standard InChI is InChI=1S/C20H18N2O3/c1-14-17(11-12-25-14)20(23)22-19-6-4-3-5-18(19)16-9-7-15(8-10-16)13-21-24-2/h3-13H,1-2H3,(H,22,23). The van der Waals surface area contributed by atoms with Crippen LogP contribution in [0.3, 0.4) is 0 Å². The lowest BCUT2D eigenvalue weighted by Gasteiger charge is -2.11. The van der Waals surface area contributed by atoms with Crippen LogP contribution in [-0.2, 0) is 4.84 Å². The van der Waals surface area contributed by atoms with E-state index in [-0.39, 0.29) is 5.91 Å². The quantitative estimate of drug-likeness (QED) is 0.552. The van der Waals surface area contributed by atoms with Crippen LogP contribution in [0.2, 0.25) is 0 Å². The molecule has 0 bridgehead atoms. The summed E-state index contributed by atoms with van der Waals surface area (Å²) < 4.78 is 5.20. The molecule has 0 aliphatic rings. The molecule has 0 aliphatic carbocycles. The second-order valence-electron chi connectivity index (χ2n) is 5.43. The van der Waals surface area contributed by atoms with E-state index >= 15 is 0 Å². The van der Waals surface area contributed by atoms with Gasteiger partial charge in [-0.3, -0.25) is 4.79 Å². The molecule has 0 fully saturated rings. The minimum Gasteiger partial charge on any atom is -0.469 e. The normalized spacial score (nSPS) is 10.8. The molecule has 3 aromatic rings. The average molecular weight is 334 g/mol. The van der Waals surface area contributed by atoms with Crippen LogP contribution >= 0.6 is 0 Å². The van der Waals surface area contributed by atoms with E-state index in [1.54, 1.807) is 19.2 Å². The van der Waals surface area contributed by atoms with Gasteiger partial charge in [0.15, 0.2) is 0 Å². The molecule has 25 heavy (non-hydrogen) atoms. The Kier molecular flexibility index (Phi) is 4.95. The van der Waals surface area contributed by atoms with Gasteiger partial charge in [0, 0.05) is 11.3 Å². The zero-order valence-corrected chi connectivity index (χ0v) is 14.0. The summed E-state index contributed by atoms with van der Waals surface area (Å²) in [6, 6.07) is 17.2. The molecule has 126 valence electrons. The molecule has 5 nitrogen and oxygen atoms in total. The highest BCUT2D eigenvalue weighted by atomic mass is 16.6. The van der Waals surface area contributed by atoms with E-state index in [4.69, 9.17) is 4.42 Å². The van der Waals surface area contributed by atoms with E-state index in [0.717, 1.165) is 22.4 Å². The number of oxime groups is 1. The number of carbonyl (C=O) groups is 1. The highest BCUT2D eigenvalue weighted by Gasteiger charge is 2.13. The van der Waals surface area contributed by atoms with Crippen molar-refractivity contribution in [1.82, 2.24) is 0 Å². The molecule has 5 heteroatoms. The van der Waals surface area contributed by atoms with E-state index in [9.17, 15) is 4.79 Å². The Morgan fingerprint density at radius 2 is 1.88 bits per heavy atom. The third kappa shape index (κ3) is 3.77. The van der Waals surface area contributed by atoms with Crippen LogP contribution in [0.4, 0.5) is 5.69 Å². The highest BCUT2D eigenvalue weighted by Crippen LogP contribution is 2.28. The summed E-state index contributed by atoms with van der Waals surface area (Å²) in [7, 11) is 1.51. The van der Waals surface area contributed by atoms with Crippen molar-refractivity contribution >= 4 is 17.8 Å². The molecule has 3 rings (SSSR count). The predicted octanol–water partition coefficient (Wildman–Crippen LogP) is 4.49. The monoisotopic (exact) mass is 334 g/mol. The van der Waals surface area contributed by atoms with Gasteiger partial charge in [-0.15, -0.1) is 0 Å². The van der Waals surface area contributed by atoms with Crippen molar-refractivity contribution in [1.29, 1.82) is 0 Å². The van der Waals surface area contributed by atoms with Gasteiger partial charge in [0.25, 0.3) is 5.91 Å². The molecule has 0 unspecified atom stereocenters. The molecule has 0 saturated carbocycles. The SMILES string of the molecule is CON=Cc1ccc(-c2ccccc2NC(=O)c2ccoc2C)cc1. The fraction of sp³-hybridized carbons (Fsp3) is 0.100. The van der Waals surface area contributed by atoms with Gasteiger partial charge in [-0.2, -0.15) is 0 Å². The number of anilines is 1. The topological polar surface area (TPSA) is 63.8 Å². The maximum atomic E-state index is 12.4. The number of carbonyl (C=O) groups excluding carboxylic acids is 1. The third-order valence-electron chi connectivity index (χ3n) is 3.81. The van der Waals surface area contributed by atoms with E-state index in [1.807, 2.05) is 48.5 Å². The molecule has 0 atom stereocenters. The van der Waals surface area contributed by atoms with Gasteiger partial charge in [0.1, 0.15) is 12.9 Å². The Labute approximate surface area is 145 Å². The maximum Gasteiger partial charge on any atom is 0.259 e. The first-order valence-electron chi connectivity index (χ1n) is 7.80. The van der Waals surface area contributed by atoms with Crippen LogP contribution in [-0.4, -0.2) is 19.2 Å². The van der Waals surface area contributed by atoms with Crippen LogP contribution in [0.25, 0.3) is 11.1 Å². The van der Waals surface area contributed by atoms with Crippen molar-refractivity contribution in [2.45, 2.75) is 6.92 Å². The van der Waals surface area contributed by atoms with Gasteiger partial charge >= 0.3 is 0 Å². The van der Waals surface area contributed by atoms with Crippen molar-refractivity contribution < 1.29 is 14.0 Å². The van der Waals surface area contributed by atoms with Crippen molar-refractivity contribution in [3.63, 3.8) is 0 Å². The summed E-state index contributed by atoms with van der Waals surface area (Å²) in [5, 5.41) is 6.70. The molecule has 0 aliphatic heterocycles. The number of rotatable bonds is 5. The van der Waals surface area contributed by atoms with Crippen LogP contribution < -0.4 is 5.32 Å². The number of hydrogen-bond donors (Lipinski definition) is 1. The van der Waals surface area contributed by atoms with Crippen LogP contribution in [0, 0.1) is 6.92 Å². The Hall–Kier alpha value is -3.34. The van der Waals surface area contributed by atoms with E-state index in [2.05, 4.69) is 15.3 Å². The number of aryl methyl sites for hydroxylation is 1. The van der Waals surface area contributed by atoms with Crippen molar-refractivity contribution in [2.24, 2.45) is 5.16 Å². The van der Waals surface area contributed by atoms with E-state index < -0.39 is 0 Å². The average Bonchev–Trinajstić information content (AvgIpc) is 3.07. The first-order chi connectivity index (χ1) is 12.2. The molecule has 1 heterocycles. The number of nitrogens with one attached hydrogen (secondary N) is 1. The predicted molar refractivity (Wildman–Crippen MR) is 97.9 cm³/mol. The Morgan fingerprint density at radius 3 is 2.56 bits per heavy atom. The molecule has 1 amide bonds. The van der Waals surface area contributed by atoms with Crippen LogP contribution in [0.1, 0.15) is 21.7 Å². The van der Waals surface area contributed by atoms with Gasteiger partial charge in [0.2, 0.25) is 0 Å². The van der Waals surface area contributed by atoms with Crippen molar-refractivity contribution in [3.05, 3.63) is 77.7 Å². The largest absolute Gasteiger partial charge is 0.469 e. The summed E-state index contributed by atoms with van der Waals surface area (Å²) in [6.45, 7) is 1.76. The first-order valence-corrected chi connectivity index (χ1v) is 7.80. The zero-order valence-electron chi connectivity index (χ0n) is 14.0. The summed E-state index contributed by atoms with van der Waals surface area (Å²) in [5.74, 6) is 0.402. The summed E-state index contributed by atoms with van der Waals surface area (Å²) >= 11 is 0. The number of furan rings is 1. The molecule has 0 saturated heterocycles. The van der Waals surface area contributed by atoms with Gasteiger partial charge < -0.3 is 14.6 Å². The molecule has 0 spiro atoms. The number of para-hydroxylation sites is 1. The zero-order chi connectivity index (χ0) is 17.6. The lowest BCUT2D eigenvalue weighted by molar-refractivity contribution is 0.102. The Bertz CT molecular complexity index is 895. The van der Waals surface area contributed by atoms with E-state index in [0.29, 0.717) is 11.3 Å². The van der Waals surface area contributed by atoms with Gasteiger partial charge in [0.05, 0.1) is 18.0 Å². The Balaban J connectivity index is 1.87. The molecular formula is C20H18N2O3. The van der Waals surface area contributed by atoms with Gasteiger partial charge in [-0.25, -0.2) is 0 Å². The maximum absolute atomic E-state index is 12.4. The lowest BCUT2D eigenvalue weighted by atomic mass is 10.0. The minimum absolute atomic E-state index is 0.192. The van der Waals surface area contributed by atoms with Crippen molar-refractivity contribution in [3.8, 4) is 11.1 Å². The van der Waals surface area contributed by atoms with Crippen LogP contribution in [0.5, 0.6) is 0 Å². The molecule has 2 aromatic carbocycles. The summed E-state index contributed by atoms with van der Waals surface area (Å²) in [6.07, 6.45) is 3.15. The fourth-order valence-corrected chi connectivity index (χ4v) is 2.52. The van der Waals surface area contributed by atoms with Crippen molar-refractivity contribution in [2.75, 3.05) is 12.4 Å². The van der Waals surface area contributed by atoms with Gasteiger partial charge in [-0.05, 0) is 30.2 Å².